The summed E-state index contributed by atoms with van der Waals surface area (Å²) < 4.78 is 25.2. The standard InChI is InChI=1S/C7H16O3.C6H10O3/c1-6(4-8)10-5-7(2)9-3;1(5-3-8-5)7-2-6-4-9-6/h6-8H,4-5H2,1-3H3;5-6H,1-4H2. The van der Waals surface area contributed by atoms with Gasteiger partial charge in [0.2, 0.25) is 0 Å². The van der Waals surface area contributed by atoms with E-state index in [-0.39, 0.29) is 18.8 Å². The van der Waals surface area contributed by atoms with Gasteiger partial charge in [0.25, 0.3) is 0 Å². The molecule has 4 unspecified atom stereocenters. The fourth-order valence-electron chi connectivity index (χ4n) is 1.08. The van der Waals surface area contributed by atoms with E-state index >= 15 is 0 Å². The van der Waals surface area contributed by atoms with Crippen LogP contribution in [0, 0.1) is 0 Å². The van der Waals surface area contributed by atoms with Crippen LogP contribution in [0.2, 0.25) is 0 Å². The molecule has 0 saturated carbocycles. The summed E-state index contributed by atoms with van der Waals surface area (Å²) in [5.41, 5.74) is 0. The third-order valence-electron chi connectivity index (χ3n) is 2.69. The lowest BCUT2D eigenvalue weighted by Gasteiger charge is -2.13. The summed E-state index contributed by atoms with van der Waals surface area (Å²) in [6.45, 7) is 7.61. The maximum atomic E-state index is 8.55. The first-order valence-corrected chi connectivity index (χ1v) is 6.71. The second-order valence-corrected chi connectivity index (χ2v) is 4.82. The number of hydrogen-bond acceptors (Lipinski definition) is 6. The van der Waals surface area contributed by atoms with Gasteiger partial charge >= 0.3 is 0 Å². The highest BCUT2D eigenvalue weighted by Crippen LogP contribution is 2.12. The van der Waals surface area contributed by atoms with Crippen molar-refractivity contribution in [2.45, 2.75) is 38.3 Å². The molecule has 6 heteroatoms. The van der Waals surface area contributed by atoms with Crippen LogP contribution in [0.3, 0.4) is 0 Å². The van der Waals surface area contributed by atoms with Crippen LogP contribution in [0.15, 0.2) is 0 Å². The smallest absolute Gasteiger partial charge is 0.104 e. The minimum Gasteiger partial charge on any atom is -0.394 e. The van der Waals surface area contributed by atoms with Crippen LogP contribution >= 0.6 is 0 Å². The highest BCUT2D eigenvalue weighted by Gasteiger charge is 2.26. The lowest BCUT2D eigenvalue weighted by Crippen LogP contribution is -2.21. The molecule has 2 aliphatic heterocycles. The van der Waals surface area contributed by atoms with E-state index in [2.05, 4.69) is 0 Å². The Balaban J connectivity index is 0.000000190. The van der Waals surface area contributed by atoms with Crippen molar-refractivity contribution in [3.63, 3.8) is 0 Å². The van der Waals surface area contributed by atoms with Crippen molar-refractivity contribution in [1.29, 1.82) is 0 Å². The molecule has 0 spiro atoms. The fourth-order valence-corrected chi connectivity index (χ4v) is 1.08. The average molecular weight is 278 g/mol. The van der Waals surface area contributed by atoms with E-state index in [9.17, 15) is 0 Å². The van der Waals surface area contributed by atoms with Crippen molar-refractivity contribution in [1.82, 2.24) is 0 Å². The van der Waals surface area contributed by atoms with E-state index in [1.807, 2.05) is 13.8 Å². The molecular formula is C13H26O6. The predicted molar refractivity (Wildman–Crippen MR) is 69.3 cm³/mol. The minimum absolute atomic E-state index is 0.0659. The molecule has 0 aliphatic carbocycles. The van der Waals surface area contributed by atoms with Crippen LogP contribution in [0.25, 0.3) is 0 Å². The molecule has 1 N–H and O–H groups in total. The van der Waals surface area contributed by atoms with Gasteiger partial charge in [-0.1, -0.05) is 0 Å². The number of methoxy groups -OCH3 is 1. The molecule has 2 saturated heterocycles. The summed E-state index contributed by atoms with van der Waals surface area (Å²) in [5, 5.41) is 8.55. The van der Waals surface area contributed by atoms with Crippen molar-refractivity contribution >= 4 is 0 Å². The largest absolute Gasteiger partial charge is 0.394 e. The van der Waals surface area contributed by atoms with Crippen LogP contribution in [0.4, 0.5) is 0 Å². The molecular weight excluding hydrogens is 252 g/mol. The Kier molecular flexibility index (Phi) is 8.52. The molecule has 0 aromatic rings. The van der Waals surface area contributed by atoms with Crippen molar-refractivity contribution in [2.75, 3.05) is 46.8 Å². The van der Waals surface area contributed by atoms with Gasteiger partial charge in [-0.2, -0.15) is 0 Å². The topological polar surface area (TPSA) is 73.0 Å². The molecule has 6 nitrogen and oxygen atoms in total. The van der Waals surface area contributed by atoms with Crippen molar-refractivity contribution in [3.05, 3.63) is 0 Å². The molecule has 0 bridgehead atoms. The lowest BCUT2D eigenvalue weighted by atomic mass is 10.4. The van der Waals surface area contributed by atoms with E-state index in [1.165, 1.54) is 0 Å². The second-order valence-electron chi connectivity index (χ2n) is 4.82. The highest BCUT2D eigenvalue weighted by molar-refractivity contribution is 4.71. The number of rotatable bonds is 9. The van der Waals surface area contributed by atoms with Gasteiger partial charge in [-0.15, -0.1) is 0 Å². The average Bonchev–Trinajstić information content (AvgIpc) is 3.30. The Morgan fingerprint density at radius 1 is 1.11 bits per heavy atom. The van der Waals surface area contributed by atoms with Crippen LogP contribution in [0.5, 0.6) is 0 Å². The van der Waals surface area contributed by atoms with Crippen molar-refractivity contribution in [3.8, 4) is 0 Å². The molecule has 2 aliphatic rings. The molecule has 114 valence electrons. The van der Waals surface area contributed by atoms with Crippen molar-refractivity contribution in [2.24, 2.45) is 0 Å². The quantitative estimate of drug-likeness (QED) is 0.608. The molecule has 0 radical (unpaired) electrons. The predicted octanol–water partition coefficient (Wildman–Crippen LogP) is 0.219. The molecule has 19 heavy (non-hydrogen) atoms. The van der Waals surface area contributed by atoms with Gasteiger partial charge in [-0.3, -0.25) is 0 Å². The van der Waals surface area contributed by atoms with E-state index in [4.69, 9.17) is 28.8 Å². The maximum absolute atomic E-state index is 8.55. The molecule has 0 aromatic carbocycles. The number of epoxide rings is 2. The van der Waals surface area contributed by atoms with Crippen LogP contribution in [-0.2, 0) is 23.7 Å². The van der Waals surface area contributed by atoms with Crippen LogP contribution in [-0.4, -0.2) is 76.3 Å². The Bertz CT molecular complexity index is 195. The summed E-state index contributed by atoms with van der Waals surface area (Å²) >= 11 is 0. The Labute approximate surface area is 114 Å². The van der Waals surface area contributed by atoms with Gasteiger partial charge in [0.05, 0.1) is 51.8 Å². The third kappa shape index (κ3) is 10.2. The molecule has 4 atom stereocenters. The summed E-state index contributed by atoms with van der Waals surface area (Å²) in [6.07, 6.45) is 0.805. The molecule has 0 amide bonds. The highest BCUT2D eigenvalue weighted by atomic mass is 16.6. The number of hydrogen-bond donors (Lipinski definition) is 1. The number of aliphatic hydroxyl groups is 1. The fraction of sp³-hybridized carbons (Fsp3) is 1.00. The summed E-state index contributed by atoms with van der Waals surface area (Å²) in [6, 6.07) is 0. The zero-order valence-corrected chi connectivity index (χ0v) is 12.0. The van der Waals surface area contributed by atoms with Gasteiger partial charge in [-0.05, 0) is 13.8 Å². The molecule has 2 rings (SSSR count). The van der Waals surface area contributed by atoms with Gasteiger partial charge in [0.1, 0.15) is 12.2 Å². The number of ether oxygens (including phenoxy) is 5. The van der Waals surface area contributed by atoms with Crippen LogP contribution < -0.4 is 0 Å². The molecule has 2 heterocycles. The van der Waals surface area contributed by atoms with Gasteiger partial charge in [0, 0.05) is 7.11 Å². The normalized spacial score (nSPS) is 27.2. The van der Waals surface area contributed by atoms with Crippen molar-refractivity contribution < 1.29 is 28.8 Å². The van der Waals surface area contributed by atoms with E-state index in [1.54, 1.807) is 7.11 Å². The Hall–Kier alpha value is -0.240. The first kappa shape index (κ1) is 16.8. The maximum Gasteiger partial charge on any atom is 0.104 e. The van der Waals surface area contributed by atoms with E-state index in [0.29, 0.717) is 18.8 Å². The lowest BCUT2D eigenvalue weighted by molar-refractivity contribution is -0.0313. The third-order valence-corrected chi connectivity index (χ3v) is 2.69. The summed E-state index contributed by atoms with van der Waals surface area (Å²) in [5.74, 6) is 0. The zero-order valence-electron chi connectivity index (χ0n) is 12.0. The van der Waals surface area contributed by atoms with Gasteiger partial charge in [-0.25, -0.2) is 0 Å². The minimum atomic E-state index is -0.0856. The van der Waals surface area contributed by atoms with Gasteiger partial charge in [0.15, 0.2) is 0 Å². The van der Waals surface area contributed by atoms with Crippen LogP contribution in [0.1, 0.15) is 13.8 Å². The summed E-state index contributed by atoms with van der Waals surface area (Å²) in [7, 11) is 1.64. The first-order valence-electron chi connectivity index (χ1n) is 6.71. The summed E-state index contributed by atoms with van der Waals surface area (Å²) in [4.78, 5) is 0. The number of aliphatic hydroxyl groups excluding tert-OH is 1. The Morgan fingerprint density at radius 3 is 2.00 bits per heavy atom. The van der Waals surface area contributed by atoms with E-state index < -0.39 is 0 Å². The Morgan fingerprint density at radius 2 is 1.63 bits per heavy atom. The molecule has 2 fully saturated rings. The SMILES string of the molecule is C(OCC1CO1)C1CO1.COC(C)COC(C)CO. The zero-order chi connectivity index (χ0) is 14.1. The second kappa shape index (κ2) is 9.63. The first-order chi connectivity index (χ1) is 9.15. The van der Waals surface area contributed by atoms with Gasteiger partial charge < -0.3 is 28.8 Å². The molecule has 0 aromatic heterocycles. The monoisotopic (exact) mass is 278 g/mol. The van der Waals surface area contributed by atoms with E-state index in [0.717, 1.165) is 26.4 Å².